The first-order valence-corrected chi connectivity index (χ1v) is 11.7. The number of thioether (sulfide) groups is 1. The Bertz CT molecular complexity index is 880. The molecule has 0 radical (unpaired) electrons. The number of phenols is 1. The molecule has 1 aromatic carbocycles. The lowest BCUT2D eigenvalue weighted by Crippen LogP contribution is -2.57. The Kier molecular flexibility index (Phi) is 11.9. The number of hydrogen-bond donors (Lipinski definition) is 7. The molecule has 0 spiro atoms. The van der Waals surface area contributed by atoms with Gasteiger partial charge in [0.05, 0.1) is 12.5 Å². The summed E-state index contributed by atoms with van der Waals surface area (Å²) in [5.74, 6) is -4.35. The van der Waals surface area contributed by atoms with Crippen molar-refractivity contribution in [2.45, 2.75) is 50.4 Å². The van der Waals surface area contributed by atoms with E-state index in [4.69, 9.17) is 10.8 Å². The summed E-state index contributed by atoms with van der Waals surface area (Å²) >= 11 is 1.42. The van der Waals surface area contributed by atoms with Crippen molar-refractivity contribution in [1.82, 2.24) is 16.0 Å². The van der Waals surface area contributed by atoms with E-state index in [9.17, 15) is 34.2 Å². The van der Waals surface area contributed by atoms with Crippen LogP contribution in [0.2, 0.25) is 0 Å². The van der Waals surface area contributed by atoms with E-state index in [1.165, 1.54) is 30.8 Å². The van der Waals surface area contributed by atoms with Gasteiger partial charge in [0.15, 0.2) is 0 Å². The van der Waals surface area contributed by atoms with Crippen LogP contribution in [0.5, 0.6) is 5.75 Å². The third-order valence-corrected chi connectivity index (χ3v) is 5.36. The summed E-state index contributed by atoms with van der Waals surface area (Å²) in [5, 5.41) is 34.8. The van der Waals surface area contributed by atoms with Crippen LogP contribution in [0.4, 0.5) is 0 Å². The second-order valence-corrected chi connectivity index (χ2v) is 8.53. The third kappa shape index (κ3) is 10.1. The van der Waals surface area contributed by atoms with E-state index in [0.717, 1.165) is 0 Å². The molecular formula is C21H30N4O8S. The molecule has 13 heteroatoms. The Morgan fingerprint density at radius 2 is 1.53 bits per heavy atom. The first-order valence-electron chi connectivity index (χ1n) is 10.3. The molecule has 0 fully saturated rings. The molecule has 1 aromatic rings. The van der Waals surface area contributed by atoms with Crippen molar-refractivity contribution in [1.29, 1.82) is 0 Å². The van der Waals surface area contributed by atoms with Crippen molar-refractivity contribution < 1.29 is 39.3 Å². The van der Waals surface area contributed by atoms with Crippen LogP contribution >= 0.6 is 11.8 Å². The van der Waals surface area contributed by atoms with Crippen LogP contribution in [0.15, 0.2) is 24.3 Å². The van der Waals surface area contributed by atoms with E-state index in [1.807, 2.05) is 0 Å². The second kappa shape index (κ2) is 14.1. The maximum Gasteiger partial charge on any atom is 0.326 e. The number of nitrogens with two attached hydrogens (primary N) is 1. The summed E-state index contributed by atoms with van der Waals surface area (Å²) < 4.78 is 0. The Morgan fingerprint density at radius 3 is 2.06 bits per heavy atom. The van der Waals surface area contributed by atoms with Crippen molar-refractivity contribution >= 4 is 41.4 Å². The number of rotatable bonds is 14. The van der Waals surface area contributed by atoms with Crippen LogP contribution in [-0.4, -0.2) is 81.2 Å². The molecular weight excluding hydrogens is 468 g/mol. The number of aliphatic carboxylic acids is 2. The lowest BCUT2D eigenvalue weighted by Gasteiger charge is -2.24. The van der Waals surface area contributed by atoms with Crippen molar-refractivity contribution in [3.05, 3.63) is 29.8 Å². The minimum absolute atomic E-state index is 0.00540. The minimum atomic E-state index is -1.36. The highest BCUT2D eigenvalue weighted by Gasteiger charge is 2.29. The molecule has 0 aliphatic heterocycles. The van der Waals surface area contributed by atoms with Crippen LogP contribution in [0.3, 0.4) is 0 Å². The minimum Gasteiger partial charge on any atom is -0.508 e. The Hall–Kier alpha value is -3.32. The highest BCUT2D eigenvalue weighted by atomic mass is 32.2. The highest BCUT2D eigenvalue weighted by molar-refractivity contribution is 7.98. The average molecular weight is 499 g/mol. The average Bonchev–Trinajstić information content (AvgIpc) is 2.76. The predicted octanol–water partition coefficient (Wildman–Crippen LogP) is -0.951. The van der Waals surface area contributed by atoms with Gasteiger partial charge in [0.1, 0.15) is 23.9 Å². The molecule has 0 aliphatic carbocycles. The molecule has 34 heavy (non-hydrogen) atoms. The van der Waals surface area contributed by atoms with Crippen LogP contribution < -0.4 is 21.7 Å². The number of carbonyl (C=O) groups is 5. The number of carboxylic acids is 2. The number of amides is 3. The molecule has 0 aromatic heterocycles. The van der Waals surface area contributed by atoms with E-state index < -0.39 is 60.2 Å². The van der Waals surface area contributed by atoms with Gasteiger partial charge in [0, 0.05) is 6.42 Å². The smallest absolute Gasteiger partial charge is 0.326 e. The van der Waals surface area contributed by atoms with Gasteiger partial charge >= 0.3 is 11.9 Å². The number of phenolic OH excluding ortho intramolecular Hbond substituents is 1. The lowest BCUT2D eigenvalue weighted by molar-refractivity contribution is -0.142. The van der Waals surface area contributed by atoms with Gasteiger partial charge in [-0.2, -0.15) is 11.8 Å². The third-order valence-electron chi connectivity index (χ3n) is 4.72. The number of hydrogen-bond acceptors (Lipinski definition) is 8. The van der Waals surface area contributed by atoms with Crippen LogP contribution in [0.25, 0.3) is 0 Å². The summed E-state index contributed by atoms with van der Waals surface area (Å²) in [4.78, 5) is 59.8. The number of nitrogens with one attached hydrogen (secondary N) is 3. The molecule has 188 valence electrons. The van der Waals surface area contributed by atoms with E-state index in [0.29, 0.717) is 11.3 Å². The molecule has 8 N–H and O–H groups in total. The van der Waals surface area contributed by atoms with Crippen molar-refractivity contribution in [3.8, 4) is 5.75 Å². The van der Waals surface area contributed by atoms with E-state index in [2.05, 4.69) is 16.0 Å². The molecule has 4 unspecified atom stereocenters. The summed E-state index contributed by atoms with van der Waals surface area (Å²) in [7, 11) is 0. The molecule has 12 nitrogen and oxygen atoms in total. The van der Waals surface area contributed by atoms with Gasteiger partial charge in [0.25, 0.3) is 0 Å². The van der Waals surface area contributed by atoms with Gasteiger partial charge in [-0.1, -0.05) is 12.1 Å². The highest BCUT2D eigenvalue weighted by Crippen LogP contribution is 2.12. The molecule has 4 atom stereocenters. The molecule has 1 rings (SSSR count). The van der Waals surface area contributed by atoms with Crippen molar-refractivity contribution in [3.63, 3.8) is 0 Å². The fraction of sp³-hybridized carbons (Fsp3) is 0.476. The van der Waals surface area contributed by atoms with Gasteiger partial charge in [-0.25, -0.2) is 4.79 Å². The summed E-state index contributed by atoms with van der Waals surface area (Å²) in [5.41, 5.74) is 6.07. The van der Waals surface area contributed by atoms with Gasteiger partial charge in [-0.3, -0.25) is 19.2 Å². The second-order valence-electron chi connectivity index (χ2n) is 7.55. The first-order chi connectivity index (χ1) is 15.9. The van der Waals surface area contributed by atoms with E-state index in [1.54, 1.807) is 18.4 Å². The maximum atomic E-state index is 12.9. The zero-order valence-corrected chi connectivity index (χ0v) is 19.6. The van der Waals surface area contributed by atoms with Crippen LogP contribution in [0, 0.1) is 0 Å². The van der Waals surface area contributed by atoms with Gasteiger partial charge in [0.2, 0.25) is 17.7 Å². The topological polar surface area (TPSA) is 208 Å². The maximum absolute atomic E-state index is 12.9. The molecule has 3 amide bonds. The van der Waals surface area contributed by atoms with Crippen LogP contribution in [-0.2, 0) is 30.4 Å². The first kappa shape index (κ1) is 28.7. The summed E-state index contributed by atoms with van der Waals surface area (Å²) in [6.07, 6.45) is 1.33. The molecule has 0 heterocycles. The van der Waals surface area contributed by atoms with Gasteiger partial charge < -0.3 is 37.0 Å². The number of benzene rings is 1. The van der Waals surface area contributed by atoms with E-state index in [-0.39, 0.29) is 18.6 Å². The fourth-order valence-electron chi connectivity index (χ4n) is 2.81. The largest absolute Gasteiger partial charge is 0.508 e. The number of carbonyl (C=O) groups excluding carboxylic acids is 3. The van der Waals surface area contributed by atoms with E-state index >= 15 is 0 Å². The zero-order chi connectivity index (χ0) is 25.8. The summed E-state index contributed by atoms with van der Waals surface area (Å²) in [6.45, 7) is 1.33. The number of aromatic hydroxyl groups is 1. The Balaban J connectivity index is 2.96. The van der Waals surface area contributed by atoms with Crippen LogP contribution in [0.1, 0.15) is 25.3 Å². The Morgan fingerprint density at radius 1 is 0.941 bits per heavy atom. The monoisotopic (exact) mass is 498 g/mol. The quantitative estimate of drug-likeness (QED) is 0.167. The van der Waals surface area contributed by atoms with Gasteiger partial charge in [-0.05, 0) is 43.0 Å². The normalized spacial score (nSPS) is 14.2. The lowest BCUT2D eigenvalue weighted by atomic mass is 10.0. The van der Waals surface area contributed by atoms with Gasteiger partial charge in [-0.15, -0.1) is 0 Å². The fourth-order valence-corrected chi connectivity index (χ4v) is 3.28. The SMILES string of the molecule is CSCCC(NC(=O)C(Cc1ccc(O)cc1)NC(=O)C(C)NC(=O)C(N)CC(=O)O)C(=O)O. The predicted molar refractivity (Wildman–Crippen MR) is 124 cm³/mol. The standard InChI is InChI=1S/C21H30N4O8S/c1-11(23-19(30)14(22)10-17(27)28)18(29)25-16(9-12-3-5-13(26)6-4-12)20(31)24-15(21(32)33)7-8-34-2/h3-6,11,14-16,26H,7-10,22H2,1-2H3,(H,23,30)(H,24,31)(H,25,29)(H,27,28)(H,32,33). The molecule has 0 saturated carbocycles. The molecule has 0 saturated heterocycles. The number of carboxylic acid groups (broad SMARTS) is 2. The van der Waals surface area contributed by atoms with Crippen molar-refractivity contribution in [2.24, 2.45) is 5.73 Å². The molecule has 0 aliphatic rings. The van der Waals surface area contributed by atoms with Crippen molar-refractivity contribution in [2.75, 3.05) is 12.0 Å². The Labute approximate surface area is 200 Å². The molecule has 0 bridgehead atoms. The summed E-state index contributed by atoms with van der Waals surface area (Å²) in [6, 6.07) is 1.01. The zero-order valence-electron chi connectivity index (χ0n) is 18.8.